The van der Waals surface area contributed by atoms with Crippen molar-refractivity contribution in [2.45, 2.75) is 18.9 Å². The molecule has 3 N–H and O–H groups in total. The molecule has 5 heteroatoms. The van der Waals surface area contributed by atoms with Crippen LogP contribution < -0.4 is 5.73 Å². The molecule has 2 aliphatic rings. The van der Waals surface area contributed by atoms with E-state index in [2.05, 4.69) is 9.88 Å². The lowest BCUT2D eigenvalue weighted by molar-refractivity contribution is 0.0573. The molecule has 2 aliphatic heterocycles. The number of carbonyl (C=O) groups is 1. The van der Waals surface area contributed by atoms with E-state index in [9.17, 15) is 4.79 Å². The summed E-state index contributed by atoms with van der Waals surface area (Å²) < 4.78 is 0. The summed E-state index contributed by atoms with van der Waals surface area (Å²) in [6, 6.07) is 6.21. The molecule has 21 heavy (non-hydrogen) atoms. The van der Waals surface area contributed by atoms with Crippen LogP contribution in [0.4, 0.5) is 5.69 Å². The normalized spacial score (nSPS) is 22.7. The number of anilines is 1. The van der Waals surface area contributed by atoms with E-state index in [0.29, 0.717) is 11.7 Å². The van der Waals surface area contributed by atoms with Crippen molar-refractivity contribution in [3.05, 3.63) is 30.0 Å². The predicted octanol–water partition coefficient (Wildman–Crippen LogP) is 1.67. The van der Waals surface area contributed by atoms with Gasteiger partial charge in [0.05, 0.1) is 5.56 Å². The van der Waals surface area contributed by atoms with Crippen LogP contribution in [0.5, 0.6) is 0 Å². The molecule has 1 atom stereocenters. The van der Waals surface area contributed by atoms with Crippen molar-refractivity contribution in [2.75, 3.05) is 31.9 Å². The number of amides is 1. The van der Waals surface area contributed by atoms with Crippen LogP contribution in [0.3, 0.4) is 0 Å². The SMILES string of the molecule is Nc1ccc2[nH]cc(C(=O)N3CCN4CCCC4C3)c2c1. The van der Waals surface area contributed by atoms with Gasteiger partial charge in [-0.25, -0.2) is 0 Å². The van der Waals surface area contributed by atoms with Crippen molar-refractivity contribution in [3.63, 3.8) is 0 Å². The average Bonchev–Trinajstić information content (AvgIpc) is 3.11. The molecule has 0 aliphatic carbocycles. The van der Waals surface area contributed by atoms with Gasteiger partial charge in [-0.3, -0.25) is 9.69 Å². The van der Waals surface area contributed by atoms with E-state index in [1.165, 1.54) is 19.4 Å². The molecule has 0 bridgehead atoms. The minimum Gasteiger partial charge on any atom is -0.399 e. The fourth-order valence-corrected chi connectivity index (χ4v) is 3.66. The Kier molecular flexibility index (Phi) is 2.89. The van der Waals surface area contributed by atoms with Gasteiger partial charge in [-0.2, -0.15) is 0 Å². The van der Waals surface area contributed by atoms with E-state index in [1.54, 1.807) is 0 Å². The topological polar surface area (TPSA) is 65.4 Å². The van der Waals surface area contributed by atoms with Gasteiger partial charge < -0.3 is 15.6 Å². The van der Waals surface area contributed by atoms with E-state index < -0.39 is 0 Å². The Balaban J connectivity index is 1.62. The highest BCUT2D eigenvalue weighted by Crippen LogP contribution is 2.26. The number of nitrogen functional groups attached to an aromatic ring is 1. The Morgan fingerprint density at radius 2 is 2.19 bits per heavy atom. The summed E-state index contributed by atoms with van der Waals surface area (Å²) in [7, 11) is 0. The fraction of sp³-hybridized carbons (Fsp3) is 0.438. The van der Waals surface area contributed by atoms with Gasteiger partial charge in [-0.15, -0.1) is 0 Å². The Bertz CT molecular complexity index is 693. The number of benzene rings is 1. The van der Waals surface area contributed by atoms with Crippen molar-refractivity contribution in [3.8, 4) is 0 Å². The van der Waals surface area contributed by atoms with Gasteiger partial charge in [0, 0.05) is 48.5 Å². The monoisotopic (exact) mass is 284 g/mol. The highest BCUT2D eigenvalue weighted by molar-refractivity contribution is 6.07. The number of nitrogens with zero attached hydrogens (tertiary/aromatic N) is 2. The smallest absolute Gasteiger partial charge is 0.256 e. The molecule has 2 saturated heterocycles. The molecule has 0 radical (unpaired) electrons. The number of carbonyl (C=O) groups excluding carboxylic acids is 1. The van der Waals surface area contributed by atoms with Gasteiger partial charge in [0.25, 0.3) is 5.91 Å². The zero-order chi connectivity index (χ0) is 14.4. The van der Waals surface area contributed by atoms with Gasteiger partial charge in [0.15, 0.2) is 0 Å². The third-order valence-corrected chi connectivity index (χ3v) is 4.81. The van der Waals surface area contributed by atoms with Crippen molar-refractivity contribution in [1.82, 2.24) is 14.8 Å². The number of aromatic nitrogens is 1. The Morgan fingerprint density at radius 3 is 3.10 bits per heavy atom. The second-order valence-corrected chi connectivity index (χ2v) is 6.09. The molecule has 3 heterocycles. The number of rotatable bonds is 1. The standard InChI is InChI=1S/C16H20N4O/c17-11-3-4-15-13(8-11)14(9-18-15)16(21)20-7-6-19-5-1-2-12(19)10-20/h3-4,8-9,12,18H,1-2,5-7,10,17H2. The molecule has 5 nitrogen and oxygen atoms in total. The van der Waals surface area contributed by atoms with Crippen LogP contribution in [-0.4, -0.2) is 52.9 Å². The molecule has 1 aromatic heterocycles. The fourth-order valence-electron chi connectivity index (χ4n) is 3.66. The maximum Gasteiger partial charge on any atom is 0.256 e. The first-order valence-electron chi connectivity index (χ1n) is 7.62. The third-order valence-electron chi connectivity index (χ3n) is 4.81. The molecule has 1 aromatic carbocycles. The van der Waals surface area contributed by atoms with Gasteiger partial charge >= 0.3 is 0 Å². The lowest BCUT2D eigenvalue weighted by Crippen LogP contribution is -2.52. The van der Waals surface area contributed by atoms with E-state index in [1.807, 2.05) is 29.3 Å². The van der Waals surface area contributed by atoms with Crippen LogP contribution in [0.1, 0.15) is 23.2 Å². The van der Waals surface area contributed by atoms with Crippen molar-refractivity contribution < 1.29 is 4.79 Å². The first-order chi connectivity index (χ1) is 10.2. The van der Waals surface area contributed by atoms with E-state index in [0.717, 1.165) is 36.1 Å². The molecular weight excluding hydrogens is 264 g/mol. The van der Waals surface area contributed by atoms with Gasteiger partial charge in [0.1, 0.15) is 0 Å². The Morgan fingerprint density at radius 1 is 1.29 bits per heavy atom. The minimum absolute atomic E-state index is 0.124. The van der Waals surface area contributed by atoms with Crippen LogP contribution in [-0.2, 0) is 0 Å². The maximum absolute atomic E-state index is 12.8. The average molecular weight is 284 g/mol. The first-order valence-corrected chi connectivity index (χ1v) is 7.62. The number of H-pyrrole nitrogens is 1. The molecule has 2 fully saturated rings. The molecule has 4 rings (SSSR count). The number of hydrogen-bond donors (Lipinski definition) is 2. The molecular formula is C16H20N4O. The highest BCUT2D eigenvalue weighted by Gasteiger charge is 2.33. The zero-order valence-electron chi connectivity index (χ0n) is 12.0. The molecule has 0 spiro atoms. The maximum atomic E-state index is 12.8. The quantitative estimate of drug-likeness (QED) is 0.783. The summed E-state index contributed by atoms with van der Waals surface area (Å²) in [5.74, 6) is 0.124. The van der Waals surface area contributed by atoms with Crippen LogP contribution in [0, 0.1) is 0 Å². The highest BCUT2D eigenvalue weighted by atomic mass is 16.2. The number of aromatic amines is 1. The molecule has 1 amide bonds. The summed E-state index contributed by atoms with van der Waals surface area (Å²) in [5, 5.41) is 0.925. The van der Waals surface area contributed by atoms with Crippen molar-refractivity contribution in [1.29, 1.82) is 0 Å². The second kappa shape index (κ2) is 4.77. The minimum atomic E-state index is 0.124. The lowest BCUT2D eigenvalue weighted by atomic mass is 10.1. The Hall–Kier alpha value is -2.01. The second-order valence-electron chi connectivity index (χ2n) is 6.09. The van der Waals surface area contributed by atoms with Gasteiger partial charge in [-0.1, -0.05) is 0 Å². The van der Waals surface area contributed by atoms with E-state index >= 15 is 0 Å². The van der Waals surface area contributed by atoms with Crippen molar-refractivity contribution in [2.24, 2.45) is 0 Å². The van der Waals surface area contributed by atoms with Crippen molar-refractivity contribution >= 4 is 22.5 Å². The first kappa shape index (κ1) is 12.7. The molecule has 2 aromatic rings. The molecule has 1 unspecified atom stereocenters. The molecule has 110 valence electrons. The van der Waals surface area contributed by atoms with Crippen LogP contribution in [0.15, 0.2) is 24.4 Å². The number of piperazine rings is 1. The lowest BCUT2D eigenvalue weighted by Gasteiger charge is -2.37. The Labute approximate surface area is 123 Å². The van der Waals surface area contributed by atoms with Crippen LogP contribution in [0.2, 0.25) is 0 Å². The summed E-state index contributed by atoms with van der Waals surface area (Å²) in [6.07, 6.45) is 4.29. The molecule has 0 saturated carbocycles. The number of nitrogens with two attached hydrogens (primary N) is 1. The van der Waals surface area contributed by atoms with Gasteiger partial charge in [-0.05, 0) is 37.6 Å². The van der Waals surface area contributed by atoms with Crippen LogP contribution >= 0.6 is 0 Å². The number of nitrogens with one attached hydrogen (secondary N) is 1. The summed E-state index contributed by atoms with van der Waals surface area (Å²) in [4.78, 5) is 20.5. The number of hydrogen-bond acceptors (Lipinski definition) is 3. The summed E-state index contributed by atoms with van der Waals surface area (Å²) >= 11 is 0. The summed E-state index contributed by atoms with van der Waals surface area (Å²) in [6.45, 7) is 3.87. The largest absolute Gasteiger partial charge is 0.399 e. The van der Waals surface area contributed by atoms with E-state index in [4.69, 9.17) is 5.73 Å². The van der Waals surface area contributed by atoms with E-state index in [-0.39, 0.29) is 5.91 Å². The third kappa shape index (κ3) is 2.08. The summed E-state index contributed by atoms with van der Waals surface area (Å²) in [5.41, 5.74) is 8.25. The van der Waals surface area contributed by atoms with Gasteiger partial charge in [0.2, 0.25) is 0 Å². The number of fused-ring (bicyclic) bond motifs is 2. The predicted molar refractivity (Wildman–Crippen MR) is 83.2 cm³/mol. The zero-order valence-corrected chi connectivity index (χ0v) is 12.0. The van der Waals surface area contributed by atoms with Crippen LogP contribution in [0.25, 0.3) is 10.9 Å².